The second kappa shape index (κ2) is 6.49. The van der Waals surface area contributed by atoms with Gasteiger partial charge in [-0.25, -0.2) is 0 Å². The van der Waals surface area contributed by atoms with E-state index in [9.17, 15) is 4.79 Å². The van der Waals surface area contributed by atoms with Crippen molar-refractivity contribution in [2.75, 3.05) is 26.2 Å². The second-order valence-electron chi connectivity index (χ2n) is 6.23. The number of rotatable bonds is 2. The third-order valence-electron chi connectivity index (χ3n) is 4.84. The maximum atomic E-state index is 12.7. The molecule has 4 heteroatoms. The molecule has 0 bridgehead atoms. The molecular weight excluding hydrogens is 328 g/mol. The van der Waals surface area contributed by atoms with Crippen LogP contribution in [0, 0.1) is 6.92 Å². The molecule has 1 aromatic carbocycles. The van der Waals surface area contributed by atoms with Crippen molar-refractivity contribution in [2.24, 2.45) is 0 Å². The summed E-state index contributed by atoms with van der Waals surface area (Å²) in [5.41, 5.74) is 1.90. The fourth-order valence-electron chi connectivity index (χ4n) is 3.54. The van der Waals surface area contributed by atoms with Crippen LogP contribution in [0.5, 0.6) is 0 Å². The number of carbonyl (C=O) groups excluding carboxylic acids is 1. The highest BCUT2D eigenvalue weighted by atomic mass is 79.9. The molecule has 21 heavy (non-hydrogen) atoms. The van der Waals surface area contributed by atoms with E-state index in [2.05, 4.69) is 20.8 Å². The van der Waals surface area contributed by atoms with Gasteiger partial charge >= 0.3 is 0 Å². The molecule has 1 aromatic rings. The number of hydrogen-bond donors (Lipinski definition) is 0. The maximum Gasteiger partial charge on any atom is 0.254 e. The van der Waals surface area contributed by atoms with Gasteiger partial charge in [0.2, 0.25) is 0 Å². The Hall–Kier alpha value is -0.870. The second-order valence-corrected chi connectivity index (χ2v) is 7.14. The van der Waals surface area contributed by atoms with E-state index in [0.717, 1.165) is 41.5 Å². The van der Waals surface area contributed by atoms with Crippen molar-refractivity contribution in [1.82, 2.24) is 9.80 Å². The van der Waals surface area contributed by atoms with Gasteiger partial charge in [-0.05, 0) is 63.4 Å². The zero-order valence-electron chi connectivity index (χ0n) is 12.6. The van der Waals surface area contributed by atoms with Crippen LogP contribution in [0.2, 0.25) is 0 Å². The predicted octanol–water partition coefficient (Wildman–Crippen LogP) is 3.46. The lowest BCUT2D eigenvalue weighted by Gasteiger charge is -2.36. The summed E-state index contributed by atoms with van der Waals surface area (Å²) in [5, 5.41) is 0. The minimum Gasteiger partial charge on any atom is -0.339 e. The normalized spacial score (nSPS) is 21.0. The Labute approximate surface area is 135 Å². The van der Waals surface area contributed by atoms with Gasteiger partial charge in [-0.3, -0.25) is 4.79 Å². The molecular formula is C17H23BrN2O. The van der Waals surface area contributed by atoms with Gasteiger partial charge < -0.3 is 9.80 Å². The Bertz CT molecular complexity index is 518. The molecule has 3 nitrogen and oxygen atoms in total. The highest BCUT2D eigenvalue weighted by molar-refractivity contribution is 9.10. The summed E-state index contributed by atoms with van der Waals surface area (Å²) >= 11 is 3.47. The minimum absolute atomic E-state index is 0.189. The Morgan fingerprint density at radius 1 is 1.14 bits per heavy atom. The standard InChI is InChI=1S/C17H23BrN2O/c1-13-4-5-14(18)12-16(13)17(21)20-10-6-15(7-11-20)19-8-2-3-9-19/h4-5,12,15H,2-3,6-11H2,1H3. The molecule has 0 saturated carbocycles. The highest BCUT2D eigenvalue weighted by Crippen LogP contribution is 2.23. The number of likely N-dealkylation sites (tertiary alicyclic amines) is 2. The van der Waals surface area contributed by atoms with Crippen molar-refractivity contribution in [3.05, 3.63) is 33.8 Å². The van der Waals surface area contributed by atoms with E-state index in [4.69, 9.17) is 0 Å². The average molecular weight is 351 g/mol. The third kappa shape index (κ3) is 3.32. The molecule has 0 radical (unpaired) electrons. The average Bonchev–Trinajstić information content (AvgIpc) is 3.03. The van der Waals surface area contributed by atoms with Crippen LogP contribution in [0.4, 0.5) is 0 Å². The molecule has 0 spiro atoms. The molecule has 0 N–H and O–H groups in total. The van der Waals surface area contributed by atoms with Gasteiger partial charge in [-0.2, -0.15) is 0 Å². The summed E-state index contributed by atoms with van der Waals surface area (Å²) in [6.45, 7) is 6.31. The number of aryl methyl sites for hydroxylation is 1. The molecule has 2 aliphatic heterocycles. The number of piperidine rings is 1. The SMILES string of the molecule is Cc1ccc(Br)cc1C(=O)N1CCC(N2CCCC2)CC1. The molecule has 0 unspecified atom stereocenters. The highest BCUT2D eigenvalue weighted by Gasteiger charge is 2.29. The van der Waals surface area contributed by atoms with E-state index < -0.39 is 0 Å². The summed E-state index contributed by atoms with van der Waals surface area (Å²) in [5.74, 6) is 0.189. The first-order chi connectivity index (χ1) is 10.1. The van der Waals surface area contributed by atoms with E-state index in [-0.39, 0.29) is 5.91 Å². The predicted molar refractivity (Wildman–Crippen MR) is 88.6 cm³/mol. The first-order valence-corrected chi connectivity index (χ1v) is 8.74. The monoisotopic (exact) mass is 350 g/mol. The summed E-state index contributed by atoms with van der Waals surface area (Å²) in [7, 11) is 0. The van der Waals surface area contributed by atoms with Crippen LogP contribution in [0.25, 0.3) is 0 Å². The number of nitrogens with zero attached hydrogens (tertiary/aromatic N) is 2. The van der Waals surface area contributed by atoms with E-state index in [1.54, 1.807) is 0 Å². The Balaban J connectivity index is 1.63. The van der Waals surface area contributed by atoms with Gasteiger partial charge in [0.05, 0.1) is 0 Å². The van der Waals surface area contributed by atoms with Crippen LogP contribution in [0.3, 0.4) is 0 Å². The van der Waals surface area contributed by atoms with E-state index >= 15 is 0 Å². The molecule has 0 aliphatic carbocycles. The third-order valence-corrected chi connectivity index (χ3v) is 5.33. The van der Waals surface area contributed by atoms with Crippen molar-refractivity contribution in [3.63, 3.8) is 0 Å². The minimum atomic E-state index is 0.189. The fraction of sp³-hybridized carbons (Fsp3) is 0.588. The van der Waals surface area contributed by atoms with Gasteiger partial charge in [0.25, 0.3) is 5.91 Å². The van der Waals surface area contributed by atoms with Crippen LogP contribution < -0.4 is 0 Å². The molecule has 2 heterocycles. The summed E-state index contributed by atoms with van der Waals surface area (Å²) in [6, 6.07) is 6.64. The number of benzene rings is 1. The van der Waals surface area contributed by atoms with Crippen molar-refractivity contribution in [1.29, 1.82) is 0 Å². The fourth-order valence-corrected chi connectivity index (χ4v) is 3.90. The Morgan fingerprint density at radius 2 is 1.81 bits per heavy atom. The lowest BCUT2D eigenvalue weighted by Crippen LogP contribution is -2.46. The first kappa shape index (κ1) is 15.0. The maximum absolute atomic E-state index is 12.7. The molecule has 0 atom stereocenters. The molecule has 0 aromatic heterocycles. The zero-order chi connectivity index (χ0) is 14.8. The molecule has 114 valence electrons. The quantitative estimate of drug-likeness (QED) is 0.815. The smallest absolute Gasteiger partial charge is 0.254 e. The lowest BCUT2D eigenvalue weighted by molar-refractivity contribution is 0.0644. The van der Waals surface area contributed by atoms with E-state index in [1.165, 1.54) is 25.9 Å². The largest absolute Gasteiger partial charge is 0.339 e. The molecule has 2 fully saturated rings. The van der Waals surface area contributed by atoms with Crippen molar-refractivity contribution >= 4 is 21.8 Å². The zero-order valence-corrected chi connectivity index (χ0v) is 14.2. The molecule has 2 saturated heterocycles. The van der Waals surface area contributed by atoms with Crippen LogP contribution in [0.1, 0.15) is 41.6 Å². The van der Waals surface area contributed by atoms with Crippen LogP contribution in [0.15, 0.2) is 22.7 Å². The van der Waals surface area contributed by atoms with Gasteiger partial charge in [0, 0.05) is 29.2 Å². The number of hydrogen-bond acceptors (Lipinski definition) is 2. The van der Waals surface area contributed by atoms with Crippen LogP contribution >= 0.6 is 15.9 Å². The number of carbonyl (C=O) groups is 1. The molecule has 3 rings (SSSR count). The van der Waals surface area contributed by atoms with E-state index in [1.807, 2.05) is 30.0 Å². The first-order valence-electron chi connectivity index (χ1n) is 7.94. The number of amides is 1. The van der Waals surface area contributed by atoms with Crippen molar-refractivity contribution in [3.8, 4) is 0 Å². The Kier molecular flexibility index (Phi) is 4.65. The van der Waals surface area contributed by atoms with Gasteiger partial charge in [0.1, 0.15) is 0 Å². The topological polar surface area (TPSA) is 23.6 Å². The summed E-state index contributed by atoms with van der Waals surface area (Å²) < 4.78 is 0.975. The lowest BCUT2D eigenvalue weighted by atomic mass is 10.0. The van der Waals surface area contributed by atoms with Crippen molar-refractivity contribution in [2.45, 2.75) is 38.6 Å². The van der Waals surface area contributed by atoms with E-state index in [0.29, 0.717) is 6.04 Å². The van der Waals surface area contributed by atoms with Gasteiger partial charge in [0.15, 0.2) is 0 Å². The van der Waals surface area contributed by atoms with Crippen LogP contribution in [-0.4, -0.2) is 47.9 Å². The number of halogens is 1. The molecule has 2 aliphatic rings. The summed E-state index contributed by atoms with van der Waals surface area (Å²) in [6.07, 6.45) is 4.93. The van der Waals surface area contributed by atoms with Gasteiger partial charge in [-0.15, -0.1) is 0 Å². The van der Waals surface area contributed by atoms with Crippen LogP contribution in [-0.2, 0) is 0 Å². The Morgan fingerprint density at radius 3 is 2.48 bits per heavy atom. The van der Waals surface area contributed by atoms with Gasteiger partial charge in [-0.1, -0.05) is 22.0 Å². The summed E-state index contributed by atoms with van der Waals surface area (Å²) in [4.78, 5) is 17.3. The molecule has 1 amide bonds. The van der Waals surface area contributed by atoms with Crippen molar-refractivity contribution < 1.29 is 4.79 Å².